The Bertz CT molecular complexity index is 339. The van der Waals surface area contributed by atoms with Gasteiger partial charge in [0.2, 0.25) is 0 Å². The number of esters is 2. The standard InChI is InChI=1S/C22H42O4/c1-3-4-5-6-7-8-9-10-11-12-13-14-15-16-17-18-21(24)26-22(25)19-20(2)23/h20,23H,3-19H2,1-2H3. The van der Waals surface area contributed by atoms with E-state index < -0.39 is 18.0 Å². The summed E-state index contributed by atoms with van der Waals surface area (Å²) in [5.41, 5.74) is 0. The molecule has 0 aromatic rings. The molecule has 0 fully saturated rings. The van der Waals surface area contributed by atoms with Crippen molar-refractivity contribution in [3.05, 3.63) is 0 Å². The molecule has 0 radical (unpaired) electrons. The summed E-state index contributed by atoms with van der Waals surface area (Å²) in [5, 5.41) is 9.04. The molecule has 0 aromatic heterocycles. The fourth-order valence-electron chi connectivity index (χ4n) is 3.10. The largest absolute Gasteiger partial charge is 0.393 e. The zero-order valence-corrected chi connectivity index (χ0v) is 17.3. The molecule has 1 N–H and O–H groups in total. The fraction of sp³-hybridized carbons (Fsp3) is 0.909. The van der Waals surface area contributed by atoms with Gasteiger partial charge in [-0.25, -0.2) is 0 Å². The van der Waals surface area contributed by atoms with Crippen LogP contribution in [0.3, 0.4) is 0 Å². The summed E-state index contributed by atoms with van der Waals surface area (Å²) in [6, 6.07) is 0. The highest BCUT2D eigenvalue weighted by Crippen LogP contribution is 2.13. The van der Waals surface area contributed by atoms with Crippen LogP contribution in [-0.4, -0.2) is 23.1 Å². The summed E-state index contributed by atoms with van der Waals surface area (Å²) in [5.74, 6) is -1.10. The van der Waals surface area contributed by atoms with E-state index in [1.165, 1.54) is 84.0 Å². The second-order valence-electron chi connectivity index (χ2n) is 7.60. The van der Waals surface area contributed by atoms with Crippen molar-refractivity contribution in [1.82, 2.24) is 0 Å². The number of aliphatic hydroxyl groups is 1. The number of aliphatic hydroxyl groups excluding tert-OH is 1. The molecule has 0 aliphatic rings. The topological polar surface area (TPSA) is 63.6 Å². The first-order valence-corrected chi connectivity index (χ1v) is 11.0. The zero-order chi connectivity index (χ0) is 19.5. The molecule has 1 unspecified atom stereocenters. The molecule has 0 aromatic carbocycles. The third-order valence-corrected chi connectivity index (χ3v) is 4.67. The van der Waals surface area contributed by atoms with Crippen LogP contribution in [0.25, 0.3) is 0 Å². The average molecular weight is 371 g/mol. The molecule has 0 amide bonds. The van der Waals surface area contributed by atoms with Gasteiger partial charge in [0.1, 0.15) is 0 Å². The second kappa shape index (κ2) is 18.9. The number of ether oxygens (including phenoxy) is 1. The first-order valence-electron chi connectivity index (χ1n) is 11.0. The molecule has 26 heavy (non-hydrogen) atoms. The molecule has 0 rings (SSSR count). The Morgan fingerprint density at radius 1 is 0.692 bits per heavy atom. The summed E-state index contributed by atoms with van der Waals surface area (Å²) in [6.07, 6.45) is 18.7. The smallest absolute Gasteiger partial charge is 0.316 e. The lowest BCUT2D eigenvalue weighted by atomic mass is 10.0. The predicted octanol–water partition coefficient (Wildman–Crippen LogP) is 6.09. The Hall–Kier alpha value is -0.900. The molecular formula is C22H42O4. The maximum Gasteiger partial charge on any atom is 0.316 e. The number of carbonyl (C=O) groups excluding carboxylic acids is 2. The van der Waals surface area contributed by atoms with Gasteiger partial charge < -0.3 is 9.84 Å². The molecule has 4 heteroatoms. The van der Waals surface area contributed by atoms with E-state index in [9.17, 15) is 9.59 Å². The number of carbonyl (C=O) groups is 2. The summed E-state index contributed by atoms with van der Waals surface area (Å²) < 4.78 is 4.64. The minimum absolute atomic E-state index is 0.120. The maximum absolute atomic E-state index is 11.4. The molecule has 0 saturated heterocycles. The summed E-state index contributed by atoms with van der Waals surface area (Å²) in [7, 11) is 0. The predicted molar refractivity (Wildman–Crippen MR) is 107 cm³/mol. The number of hydrogen-bond donors (Lipinski definition) is 1. The average Bonchev–Trinajstić information content (AvgIpc) is 2.57. The van der Waals surface area contributed by atoms with Gasteiger partial charge in [0.25, 0.3) is 0 Å². The van der Waals surface area contributed by atoms with E-state index in [1.54, 1.807) is 0 Å². The van der Waals surface area contributed by atoms with Crippen molar-refractivity contribution >= 4 is 11.9 Å². The van der Waals surface area contributed by atoms with Crippen molar-refractivity contribution in [3.8, 4) is 0 Å². The third-order valence-electron chi connectivity index (χ3n) is 4.67. The van der Waals surface area contributed by atoms with E-state index in [2.05, 4.69) is 11.7 Å². The molecular weight excluding hydrogens is 328 g/mol. The van der Waals surface area contributed by atoms with E-state index in [-0.39, 0.29) is 6.42 Å². The minimum Gasteiger partial charge on any atom is -0.393 e. The van der Waals surface area contributed by atoms with Gasteiger partial charge in [0, 0.05) is 6.42 Å². The van der Waals surface area contributed by atoms with Gasteiger partial charge in [0.15, 0.2) is 0 Å². The Labute approximate surface area is 161 Å². The SMILES string of the molecule is CCCCCCCCCCCCCCCCCC(=O)OC(=O)CC(C)O. The quantitative estimate of drug-likeness (QED) is 0.180. The van der Waals surface area contributed by atoms with Crippen molar-refractivity contribution in [1.29, 1.82) is 0 Å². The van der Waals surface area contributed by atoms with Crippen LogP contribution in [0.5, 0.6) is 0 Å². The number of rotatable bonds is 18. The van der Waals surface area contributed by atoms with Crippen LogP contribution in [0.4, 0.5) is 0 Å². The lowest BCUT2D eigenvalue weighted by Crippen LogP contribution is -2.16. The van der Waals surface area contributed by atoms with Crippen molar-refractivity contribution in [2.45, 2.75) is 129 Å². The Balaban J connectivity index is 3.22. The van der Waals surface area contributed by atoms with Crippen molar-refractivity contribution < 1.29 is 19.4 Å². The molecule has 0 heterocycles. The summed E-state index contributed by atoms with van der Waals surface area (Å²) >= 11 is 0. The number of unbranched alkanes of at least 4 members (excludes halogenated alkanes) is 14. The van der Waals surface area contributed by atoms with Gasteiger partial charge in [0.05, 0.1) is 12.5 Å². The first-order chi connectivity index (χ1) is 12.6. The van der Waals surface area contributed by atoms with Crippen LogP contribution in [0.15, 0.2) is 0 Å². The summed E-state index contributed by atoms with van der Waals surface area (Å²) in [4.78, 5) is 22.7. The van der Waals surface area contributed by atoms with Crippen LogP contribution >= 0.6 is 0 Å². The van der Waals surface area contributed by atoms with Crippen LogP contribution in [0, 0.1) is 0 Å². The zero-order valence-electron chi connectivity index (χ0n) is 17.3. The van der Waals surface area contributed by atoms with E-state index in [4.69, 9.17) is 5.11 Å². The molecule has 0 aliphatic heterocycles. The van der Waals surface area contributed by atoms with Crippen molar-refractivity contribution in [3.63, 3.8) is 0 Å². The third kappa shape index (κ3) is 19.4. The highest BCUT2D eigenvalue weighted by atomic mass is 16.6. The van der Waals surface area contributed by atoms with Gasteiger partial charge in [-0.1, -0.05) is 96.8 Å². The van der Waals surface area contributed by atoms with Gasteiger partial charge in [-0.15, -0.1) is 0 Å². The van der Waals surface area contributed by atoms with Crippen LogP contribution in [0.1, 0.15) is 123 Å². The minimum atomic E-state index is -0.763. The van der Waals surface area contributed by atoms with Gasteiger partial charge >= 0.3 is 11.9 Å². The van der Waals surface area contributed by atoms with Crippen LogP contribution in [0.2, 0.25) is 0 Å². The van der Waals surface area contributed by atoms with Gasteiger partial charge in [-0.3, -0.25) is 9.59 Å². The molecule has 0 saturated carbocycles. The van der Waals surface area contributed by atoms with E-state index in [1.807, 2.05) is 0 Å². The Morgan fingerprint density at radius 2 is 1.08 bits per heavy atom. The molecule has 1 atom stereocenters. The van der Waals surface area contributed by atoms with E-state index in [0.29, 0.717) is 6.42 Å². The summed E-state index contributed by atoms with van der Waals surface area (Å²) in [6.45, 7) is 3.76. The highest BCUT2D eigenvalue weighted by molar-refractivity contribution is 5.85. The Morgan fingerprint density at radius 3 is 1.46 bits per heavy atom. The number of hydrogen-bond acceptors (Lipinski definition) is 4. The second-order valence-corrected chi connectivity index (χ2v) is 7.60. The van der Waals surface area contributed by atoms with Gasteiger partial charge in [-0.05, 0) is 13.3 Å². The van der Waals surface area contributed by atoms with Crippen LogP contribution < -0.4 is 0 Å². The normalized spacial score (nSPS) is 12.1. The van der Waals surface area contributed by atoms with Crippen LogP contribution in [-0.2, 0) is 14.3 Å². The molecule has 0 bridgehead atoms. The molecule has 154 valence electrons. The van der Waals surface area contributed by atoms with Crippen molar-refractivity contribution in [2.24, 2.45) is 0 Å². The molecule has 0 spiro atoms. The highest BCUT2D eigenvalue weighted by Gasteiger charge is 2.12. The van der Waals surface area contributed by atoms with E-state index >= 15 is 0 Å². The fourth-order valence-corrected chi connectivity index (χ4v) is 3.10. The van der Waals surface area contributed by atoms with E-state index in [0.717, 1.165) is 19.3 Å². The monoisotopic (exact) mass is 370 g/mol. The Kier molecular flexibility index (Phi) is 18.2. The van der Waals surface area contributed by atoms with Gasteiger partial charge in [-0.2, -0.15) is 0 Å². The lowest BCUT2D eigenvalue weighted by Gasteiger charge is -2.05. The lowest BCUT2D eigenvalue weighted by molar-refractivity contribution is -0.160. The molecule has 4 nitrogen and oxygen atoms in total. The molecule has 0 aliphatic carbocycles. The maximum atomic E-state index is 11.4. The van der Waals surface area contributed by atoms with Crippen molar-refractivity contribution in [2.75, 3.05) is 0 Å². The first kappa shape index (κ1) is 25.1.